The number of hydrogen-bond donors (Lipinski definition) is 0. The molecule has 0 aliphatic carbocycles. The summed E-state index contributed by atoms with van der Waals surface area (Å²) in [6.45, 7) is 0. The molecule has 11 aromatic rings. The van der Waals surface area contributed by atoms with E-state index in [4.69, 9.17) is 0 Å². The largest absolute Gasteiger partial charge is 0.310 e. The molecule has 0 saturated carbocycles. The summed E-state index contributed by atoms with van der Waals surface area (Å²) in [4.78, 5) is 2.45. The van der Waals surface area contributed by atoms with Crippen molar-refractivity contribution < 1.29 is 0 Å². The van der Waals surface area contributed by atoms with Crippen LogP contribution in [0.2, 0.25) is 0 Å². The summed E-state index contributed by atoms with van der Waals surface area (Å²) in [7, 11) is 0. The molecule has 0 spiro atoms. The van der Waals surface area contributed by atoms with Crippen molar-refractivity contribution in [2.75, 3.05) is 4.90 Å². The second-order valence-corrected chi connectivity index (χ2v) is 13.8. The lowest BCUT2D eigenvalue weighted by Crippen LogP contribution is -2.12. The third kappa shape index (κ3) is 4.61. The average Bonchev–Trinajstić information content (AvgIpc) is 3.74. The number of nitrogens with zero attached hydrogens (tertiary/aromatic N) is 3. The number of rotatable bonds is 5. The molecule has 248 valence electrons. The van der Waals surface area contributed by atoms with Crippen LogP contribution in [0.5, 0.6) is 0 Å². The predicted molar refractivity (Wildman–Crippen MR) is 225 cm³/mol. The summed E-state index contributed by atoms with van der Waals surface area (Å²) in [5, 5.41) is 9.80. The maximum Gasteiger partial charge on any atom is 0.0541 e. The van der Waals surface area contributed by atoms with Gasteiger partial charge >= 0.3 is 0 Å². The Morgan fingerprint density at radius 3 is 1.26 bits per heavy atom. The molecule has 0 unspecified atom stereocenters. The van der Waals surface area contributed by atoms with Crippen molar-refractivity contribution in [3.8, 4) is 11.4 Å². The molecule has 0 saturated heterocycles. The van der Waals surface area contributed by atoms with Crippen molar-refractivity contribution >= 4 is 82.2 Å². The maximum absolute atomic E-state index is 2.45. The van der Waals surface area contributed by atoms with Crippen LogP contribution in [-0.2, 0) is 0 Å². The fourth-order valence-corrected chi connectivity index (χ4v) is 8.51. The number of aromatic nitrogens is 2. The van der Waals surface area contributed by atoms with Crippen LogP contribution in [0.25, 0.3) is 76.5 Å². The van der Waals surface area contributed by atoms with Gasteiger partial charge in [-0.25, -0.2) is 0 Å². The smallest absolute Gasteiger partial charge is 0.0541 e. The first-order chi connectivity index (χ1) is 26.3. The van der Waals surface area contributed by atoms with E-state index in [1.165, 1.54) is 65.2 Å². The number of para-hydroxylation sites is 4. The van der Waals surface area contributed by atoms with E-state index in [9.17, 15) is 0 Å². The predicted octanol–water partition coefficient (Wildman–Crippen LogP) is 13.7. The van der Waals surface area contributed by atoms with Crippen molar-refractivity contribution in [1.82, 2.24) is 9.13 Å². The molecule has 9 aromatic carbocycles. The fourth-order valence-electron chi connectivity index (χ4n) is 8.51. The third-order valence-electron chi connectivity index (χ3n) is 10.8. The molecule has 53 heavy (non-hydrogen) atoms. The average molecular weight is 676 g/mol. The van der Waals surface area contributed by atoms with E-state index < -0.39 is 0 Å². The quantitative estimate of drug-likeness (QED) is 0.177. The molecule has 0 fully saturated rings. The van der Waals surface area contributed by atoms with E-state index in [-0.39, 0.29) is 0 Å². The summed E-state index contributed by atoms with van der Waals surface area (Å²) in [5.74, 6) is 0. The zero-order valence-electron chi connectivity index (χ0n) is 28.9. The highest BCUT2D eigenvalue weighted by molar-refractivity contribution is 6.11. The number of benzene rings is 9. The first-order valence-corrected chi connectivity index (χ1v) is 18.2. The zero-order valence-corrected chi connectivity index (χ0v) is 28.9. The summed E-state index contributed by atoms with van der Waals surface area (Å²) in [6, 6.07) is 73.0. The van der Waals surface area contributed by atoms with Crippen molar-refractivity contribution in [2.24, 2.45) is 0 Å². The topological polar surface area (TPSA) is 13.1 Å². The van der Waals surface area contributed by atoms with Crippen LogP contribution in [-0.4, -0.2) is 9.13 Å². The van der Waals surface area contributed by atoms with Crippen LogP contribution in [0.4, 0.5) is 17.1 Å². The molecule has 0 radical (unpaired) electrons. The lowest BCUT2D eigenvalue weighted by Gasteiger charge is -2.28. The van der Waals surface area contributed by atoms with Gasteiger partial charge in [-0.3, -0.25) is 0 Å². The normalized spacial score (nSPS) is 11.8. The molecule has 0 N–H and O–H groups in total. The molecular formula is C50H33N3. The molecule has 0 aliphatic heterocycles. The van der Waals surface area contributed by atoms with Gasteiger partial charge in [0.1, 0.15) is 0 Å². The minimum absolute atomic E-state index is 1.08. The summed E-state index contributed by atoms with van der Waals surface area (Å²) >= 11 is 0. The Bertz CT molecular complexity index is 2960. The molecule has 3 heteroatoms. The second kappa shape index (κ2) is 11.7. The highest BCUT2D eigenvalue weighted by Crippen LogP contribution is 2.43. The molecule has 0 atom stereocenters. The van der Waals surface area contributed by atoms with Gasteiger partial charge < -0.3 is 14.0 Å². The lowest BCUT2D eigenvalue weighted by atomic mass is 10.0. The van der Waals surface area contributed by atoms with Crippen LogP contribution in [0.3, 0.4) is 0 Å². The molecule has 0 bridgehead atoms. The van der Waals surface area contributed by atoms with Crippen LogP contribution < -0.4 is 4.90 Å². The fraction of sp³-hybridized carbons (Fsp3) is 0. The van der Waals surface area contributed by atoms with Crippen molar-refractivity contribution in [3.63, 3.8) is 0 Å². The van der Waals surface area contributed by atoms with Gasteiger partial charge in [-0.2, -0.15) is 0 Å². The highest BCUT2D eigenvalue weighted by atomic mass is 15.2. The SMILES string of the molecule is c1ccc2cc(N(c3cc(-n4c5ccccc5c5ccccc54)cc(-n4c5ccccc5c5ccccc54)c3)c3cccc4ccccc34)ccc2c1. The van der Waals surface area contributed by atoms with Gasteiger partial charge in [0.25, 0.3) is 0 Å². The first-order valence-electron chi connectivity index (χ1n) is 18.2. The van der Waals surface area contributed by atoms with Crippen LogP contribution in [0, 0.1) is 0 Å². The minimum atomic E-state index is 1.08. The van der Waals surface area contributed by atoms with E-state index >= 15 is 0 Å². The van der Waals surface area contributed by atoms with Crippen LogP contribution in [0.15, 0.2) is 200 Å². The highest BCUT2D eigenvalue weighted by Gasteiger charge is 2.21. The van der Waals surface area contributed by atoms with E-state index in [0.717, 1.165) is 28.4 Å². The van der Waals surface area contributed by atoms with Gasteiger partial charge in [-0.1, -0.05) is 140 Å². The van der Waals surface area contributed by atoms with E-state index in [1.807, 2.05) is 0 Å². The molecule has 0 aliphatic rings. The van der Waals surface area contributed by atoms with Gasteiger partial charge in [0.2, 0.25) is 0 Å². The Kier molecular flexibility index (Phi) is 6.55. The monoisotopic (exact) mass is 675 g/mol. The van der Waals surface area contributed by atoms with E-state index in [0.29, 0.717) is 0 Å². The van der Waals surface area contributed by atoms with Crippen LogP contribution >= 0.6 is 0 Å². The molecule has 3 nitrogen and oxygen atoms in total. The maximum atomic E-state index is 2.45. The Labute approximate surface area is 306 Å². The lowest BCUT2D eigenvalue weighted by molar-refractivity contribution is 1.12. The van der Waals surface area contributed by atoms with Crippen molar-refractivity contribution in [1.29, 1.82) is 0 Å². The number of fused-ring (bicyclic) bond motifs is 8. The summed E-state index contributed by atoms with van der Waals surface area (Å²) < 4.78 is 4.88. The van der Waals surface area contributed by atoms with Gasteiger partial charge in [0.15, 0.2) is 0 Å². The Hall–Kier alpha value is -7.10. The molecular weight excluding hydrogens is 643 g/mol. The summed E-state index contributed by atoms with van der Waals surface area (Å²) in [6.07, 6.45) is 0. The van der Waals surface area contributed by atoms with Crippen molar-refractivity contribution in [2.45, 2.75) is 0 Å². The summed E-state index contributed by atoms with van der Waals surface area (Å²) in [5.41, 5.74) is 10.2. The molecule has 2 heterocycles. The molecule has 11 rings (SSSR count). The standard InChI is InChI=1S/C50H33N3/c1-2-16-36-30-37(29-28-34(36)14-1)51(46-27-13-17-35-15-3-4-18-41(35)46)38-31-39(52-47-23-9-5-19-42(47)43-20-6-10-24-48(43)52)33-40(32-38)53-49-25-11-7-21-44(49)45-22-8-12-26-50(45)53/h1-33H. The Balaban J connectivity index is 1.28. The van der Waals surface area contributed by atoms with Gasteiger partial charge in [0.05, 0.1) is 44.8 Å². The molecule has 2 aromatic heterocycles. The van der Waals surface area contributed by atoms with E-state index in [2.05, 4.69) is 214 Å². The minimum Gasteiger partial charge on any atom is -0.310 e. The van der Waals surface area contributed by atoms with Crippen LogP contribution in [0.1, 0.15) is 0 Å². The van der Waals surface area contributed by atoms with Crippen molar-refractivity contribution in [3.05, 3.63) is 200 Å². The van der Waals surface area contributed by atoms with Gasteiger partial charge in [-0.15, -0.1) is 0 Å². The second-order valence-electron chi connectivity index (χ2n) is 13.8. The zero-order chi connectivity index (χ0) is 34.9. The molecule has 0 amide bonds. The Morgan fingerprint density at radius 1 is 0.283 bits per heavy atom. The third-order valence-corrected chi connectivity index (χ3v) is 10.8. The first kappa shape index (κ1) is 29.6. The number of anilines is 3. The Morgan fingerprint density at radius 2 is 0.717 bits per heavy atom. The van der Waals surface area contributed by atoms with Gasteiger partial charge in [-0.05, 0) is 76.8 Å². The number of hydrogen-bond acceptors (Lipinski definition) is 1. The van der Waals surface area contributed by atoms with E-state index in [1.54, 1.807) is 0 Å². The van der Waals surface area contributed by atoms with Gasteiger partial charge in [0, 0.05) is 32.6 Å².